The molecule has 0 saturated carbocycles. The molecule has 1 heteroatoms. The Balaban J connectivity index is 2.25. The molecule has 2 atom stereocenters. The molecule has 11 heavy (non-hydrogen) atoms. The van der Waals surface area contributed by atoms with E-state index in [9.17, 15) is 0 Å². The molecule has 0 N–H and O–H groups in total. The maximum Gasteiger partial charge on any atom is 0.114 e. The molecule has 2 unspecified atom stereocenters. The van der Waals surface area contributed by atoms with Crippen LogP contribution >= 0.6 is 0 Å². The molecular weight excluding hydrogens is 136 g/mol. The summed E-state index contributed by atoms with van der Waals surface area (Å²) in [7, 11) is 0. The van der Waals surface area contributed by atoms with Gasteiger partial charge in [0.05, 0.1) is 6.26 Å². The molecule has 0 fully saturated rings. The normalized spacial score (nSPS) is 32.4. The van der Waals surface area contributed by atoms with E-state index in [0.717, 1.165) is 0 Å². The van der Waals surface area contributed by atoms with Gasteiger partial charge in [0.15, 0.2) is 0 Å². The van der Waals surface area contributed by atoms with E-state index < -0.39 is 0 Å². The monoisotopic (exact) mass is 146 g/mol. The van der Waals surface area contributed by atoms with E-state index in [0.29, 0.717) is 11.8 Å². The lowest BCUT2D eigenvalue weighted by atomic mass is 9.76. The van der Waals surface area contributed by atoms with Crippen molar-refractivity contribution in [1.29, 1.82) is 0 Å². The van der Waals surface area contributed by atoms with Crippen LogP contribution in [-0.2, 0) is 0 Å². The third-order valence-electron chi connectivity index (χ3n) is 2.83. The molecule has 1 aromatic rings. The highest BCUT2D eigenvalue weighted by molar-refractivity contribution is 5.38. The van der Waals surface area contributed by atoms with Crippen molar-refractivity contribution in [3.8, 4) is 0 Å². The van der Waals surface area contributed by atoms with Gasteiger partial charge in [-0.05, 0) is 18.9 Å². The topological polar surface area (TPSA) is 13.1 Å². The van der Waals surface area contributed by atoms with Crippen molar-refractivity contribution in [2.24, 2.45) is 0 Å². The lowest BCUT2D eigenvalue weighted by Crippen LogP contribution is -2.14. The fourth-order valence-corrected chi connectivity index (χ4v) is 2.24. The highest BCUT2D eigenvalue weighted by Gasteiger charge is 2.30. The molecule has 2 bridgehead atoms. The van der Waals surface area contributed by atoms with Crippen molar-refractivity contribution in [1.82, 2.24) is 0 Å². The molecule has 1 aromatic heterocycles. The first-order chi connectivity index (χ1) is 5.45. The quantitative estimate of drug-likeness (QED) is 0.513. The molecular formula is C10H10O. The summed E-state index contributed by atoms with van der Waals surface area (Å²) in [5.41, 5.74) is 1.43. The van der Waals surface area contributed by atoms with Gasteiger partial charge in [0.2, 0.25) is 0 Å². The fourth-order valence-electron chi connectivity index (χ4n) is 2.24. The minimum Gasteiger partial charge on any atom is -0.468 e. The predicted molar refractivity (Wildman–Crippen MR) is 42.6 cm³/mol. The summed E-state index contributed by atoms with van der Waals surface area (Å²) >= 11 is 0. The van der Waals surface area contributed by atoms with Crippen LogP contribution in [0.3, 0.4) is 0 Å². The van der Waals surface area contributed by atoms with Gasteiger partial charge in [-0.2, -0.15) is 0 Å². The molecule has 1 nitrogen and oxygen atoms in total. The Bertz CT molecular complexity index is 280. The zero-order valence-corrected chi connectivity index (χ0v) is 6.29. The molecule has 0 saturated heterocycles. The number of hydrogen-bond donors (Lipinski definition) is 0. The molecule has 0 amide bonds. The first-order valence-corrected chi connectivity index (χ1v) is 4.21. The fraction of sp³-hybridized carbons (Fsp3) is 0.400. The number of hydrogen-bond acceptors (Lipinski definition) is 1. The van der Waals surface area contributed by atoms with E-state index in [2.05, 4.69) is 18.2 Å². The highest BCUT2D eigenvalue weighted by Crippen LogP contribution is 2.45. The van der Waals surface area contributed by atoms with Gasteiger partial charge in [-0.1, -0.05) is 12.2 Å². The van der Waals surface area contributed by atoms with Crippen molar-refractivity contribution in [2.75, 3.05) is 0 Å². The van der Waals surface area contributed by atoms with Crippen molar-refractivity contribution in [3.05, 3.63) is 35.8 Å². The van der Waals surface area contributed by atoms with Gasteiger partial charge in [-0.3, -0.25) is 0 Å². The first kappa shape index (κ1) is 5.64. The number of furan rings is 1. The average molecular weight is 146 g/mol. The van der Waals surface area contributed by atoms with Crippen molar-refractivity contribution >= 4 is 0 Å². The van der Waals surface area contributed by atoms with Gasteiger partial charge < -0.3 is 4.42 Å². The number of allylic oxidation sites excluding steroid dienone is 2. The zero-order valence-electron chi connectivity index (χ0n) is 6.29. The van der Waals surface area contributed by atoms with E-state index in [1.54, 1.807) is 0 Å². The number of fused-ring (bicyclic) bond motifs is 1. The summed E-state index contributed by atoms with van der Waals surface area (Å²) in [5.74, 6) is 2.47. The SMILES string of the molecule is C1=CC2CCC1c1ccoc12. The second-order valence-corrected chi connectivity index (χ2v) is 3.42. The van der Waals surface area contributed by atoms with Gasteiger partial charge in [0, 0.05) is 17.4 Å². The van der Waals surface area contributed by atoms with Gasteiger partial charge in [0.25, 0.3) is 0 Å². The van der Waals surface area contributed by atoms with Crippen molar-refractivity contribution in [3.63, 3.8) is 0 Å². The third kappa shape index (κ3) is 0.609. The molecule has 0 aliphatic heterocycles. The summed E-state index contributed by atoms with van der Waals surface area (Å²) in [4.78, 5) is 0. The van der Waals surface area contributed by atoms with E-state index in [-0.39, 0.29) is 0 Å². The Kier molecular flexibility index (Phi) is 0.916. The van der Waals surface area contributed by atoms with Gasteiger partial charge in [0.1, 0.15) is 5.76 Å². The Labute approximate surface area is 65.7 Å². The van der Waals surface area contributed by atoms with Gasteiger partial charge in [-0.25, -0.2) is 0 Å². The van der Waals surface area contributed by atoms with Crippen molar-refractivity contribution < 1.29 is 4.42 Å². The van der Waals surface area contributed by atoms with Crippen LogP contribution in [0.2, 0.25) is 0 Å². The number of rotatable bonds is 0. The molecule has 0 radical (unpaired) electrons. The summed E-state index contributed by atoms with van der Waals surface area (Å²) in [6.45, 7) is 0. The maximum atomic E-state index is 5.44. The highest BCUT2D eigenvalue weighted by atomic mass is 16.3. The molecule has 0 aromatic carbocycles. The summed E-state index contributed by atoms with van der Waals surface area (Å²) in [5, 5.41) is 0. The third-order valence-corrected chi connectivity index (χ3v) is 2.83. The molecule has 56 valence electrons. The van der Waals surface area contributed by atoms with Crippen molar-refractivity contribution in [2.45, 2.75) is 24.7 Å². The largest absolute Gasteiger partial charge is 0.468 e. The second kappa shape index (κ2) is 1.79. The molecule has 1 heterocycles. The standard InChI is InChI=1S/C10H10O/c1-3-8-4-2-7(1)9-5-6-11-10(8)9/h1,3,5-8H,2,4H2. The van der Waals surface area contributed by atoms with Crippen LogP contribution in [0, 0.1) is 0 Å². The van der Waals surface area contributed by atoms with Crippen LogP contribution in [0.1, 0.15) is 36.0 Å². The summed E-state index contributed by atoms with van der Waals surface area (Å²) in [6.07, 6.45) is 9.03. The first-order valence-electron chi connectivity index (χ1n) is 4.21. The summed E-state index contributed by atoms with van der Waals surface area (Å²) in [6, 6.07) is 2.12. The van der Waals surface area contributed by atoms with E-state index in [1.807, 2.05) is 6.26 Å². The Hall–Kier alpha value is -0.980. The van der Waals surface area contributed by atoms with Crippen LogP contribution in [0.4, 0.5) is 0 Å². The van der Waals surface area contributed by atoms with Crippen LogP contribution in [0.5, 0.6) is 0 Å². The smallest absolute Gasteiger partial charge is 0.114 e. The van der Waals surface area contributed by atoms with Gasteiger partial charge >= 0.3 is 0 Å². The van der Waals surface area contributed by atoms with Crippen LogP contribution < -0.4 is 0 Å². The summed E-state index contributed by atoms with van der Waals surface area (Å²) < 4.78 is 5.44. The zero-order chi connectivity index (χ0) is 7.26. The molecule has 4 rings (SSSR count). The Morgan fingerprint density at radius 2 is 2.00 bits per heavy atom. The Morgan fingerprint density at radius 3 is 2.73 bits per heavy atom. The maximum absolute atomic E-state index is 5.44. The minimum atomic E-state index is 0.588. The van der Waals surface area contributed by atoms with E-state index >= 15 is 0 Å². The molecule has 3 aliphatic rings. The van der Waals surface area contributed by atoms with E-state index in [4.69, 9.17) is 4.42 Å². The van der Waals surface area contributed by atoms with Gasteiger partial charge in [-0.15, -0.1) is 0 Å². The van der Waals surface area contributed by atoms with Crippen LogP contribution in [-0.4, -0.2) is 0 Å². The second-order valence-electron chi connectivity index (χ2n) is 3.42. The van der Waals surface area contributed by atoms with E-state index in [1.165, 1.54) is 24.2 Å². The Morgan fingerprint density at radius 1 is 1.18 bits per heavy atom. The van der Waals surface area contributed by atoms with Crippen LogP contribution in [0.25, 0.3) is 0 Å². The average Bonchev–Trinajstić information content (AvgIpc) is 2.55. The lowest BCUT2D eigenvalue weighted by molar-refractivity contribution is 0.427. The molecule has 3 aliphatic carbocycles. The predicted octanol–water partition coefficient (Wildman–Crippen LogP) is 2.81. The lowest BCUT2D eigenvalue weighted by Gasteiger charge is -2.28. The molecule has 0 spiro atoms. The minimum absolute atomic E-state index is 0.588. The van der Waals surface area contributed by atoms with Crippen LogP contribution in [0.15, 0.2) is 28.9 Å².